The third-order valence-corrected chi connectivity index (χ3v) is 4.67. The van der Waals surface area contributed by atoms with Crippen LogP contribution >= 0.6 is 15.9 Å². The highest BCUT2D eigenvalue weighted by molar-refractivity contribution is 9.10. The number of nitrogens with zero attached hydrogens (tertiary/aromatic N) is 3. The largest absolute Gasteiger partial charge is 0.322 e. The zero-order chi connectivity index (χ0) is 17.1. The molecule has 2 rings (SSSR count). The Kier molecular flexibility index (Phi) is 5.59. The fourth-order valence-electron chi connectivity index (χ4n) is 2.40. The summed E-state index contributed by atoms with van der Waals surface area (Å²) in [6.45, 7) is 6.48. The number of carbonyl (C=O) groups is 1. The SMILES string of the molecule is Cc1nn(C)c(C)c1NC(=O)[C@@H](C)N(C)Cc1ccc(Br)cc1. The molecule has 5 nitrogen and oxygen atoms in total. The van der Waals surface area contributed by atoms with Gasteiger partial charge in [-0.2, -0.15) is 5.10 Å². The van der Waals surface area contributed by atoms with Crippen molar-refractivity contribution >= 4 is 27.5 Å². The lowest BCUT2D eigenvalue weighted by molar-refractivity contribution is -0.120. The third-order valence-electron chi connectivity index (χ3n) is 4.14. The zero-order valence-corrected chi connectivity index (χ0v) is 15.8. The van der Waals surface area contributed by atoms with Crippen LogP contribution in [0.3, 0.4) is 0 Å². The van der Waals surface area contributed by atoms with E-state index in [1.807, 2.05) is 51.9 Å². The van der Waals surface area contributed by atoms with Gasteiger partial charge < -0.3 is 5.32 Å². The van der Waals surface area contributed by atoms with Gasteiger partial charge in [-0.05, 0) is 45.5 Å². The molecule has 6 heteroatoms. The lowest BCUT2D eigenvalue weighted by atomic mass is 10.2. The second kappa shape index (κ2) is 7.27. The second-order valence-corrected chi connectivity index (χ2v) is 6.79. The number of carbonyl (C=O) groups excluding carboxylic acids is 1. The van der Waals surface area contributed by atoms with Crippen molar-refractivity contribution < 1.29 is 4.79 Å². The molecule has 1 N–H and O–H groups in total. The highest BCUT2D eigenvalue weighted by Gasteiger charge is 2.21. The van der Waals surface area contributed by atoms with E-state index < -0.39 is 0 Å². The molecule has 0 aliphatic carbocycles. The quantitative estimate of drug-likeness (QED) is 0.868. The summed E-state index contributed by atoms with van der Waals surface area (Å²) in [5, 5.41) is 7.33. The van der Waals surface area contributed by atoms with Gasteiger partial charge in [-0.1, -0.05) is 28.1 Å². The van der Waals surface area contributed by atoms with Crippen LogP contribution in [0, 0.1) is 13.8 Å². The molecule has 1 aromatic carbocycles. The Hall–Kier alpha value is -1.66. The molecule has 1 aromatic heterocycles. The summed E-state index contributed by atoms with van der Waals surface area (Å²) < 4.78 is 2.83. The van der Waals surface area contributed by atoms with Gasteiger partial charge in [-0.15, -0.1) is 0 Å². The maximum atomic E-state index is 12.5. The van der Waals surface area contributed by atoms with Crippen molar-refractivity contribution in [1.29, 1.82) is 0 Å². The Morgan fingerprint density at radius 2 is 1.96 bits per heavy atom. The van der Waals surface area contributed by atoms with E-state index in [0.717, 1.165) is 21.5 Å². The summed E-state index contributed by atoms with van der Waals surface area (Å²) in [7, 11) is 3.83. The summed E-state index contributed by atoms with van der Waals surface area (Å²) in [6, 6.07) is 7.89. The lowest BCUT2D eigenvalue weighted by Crippen LogP contribution is -2.39. The molecule has 0 bridgehead atoms. The first-order valence-electron chi connectivity index (χ1n) is 7.55. The fourth-order valence-corrected chi connectivity index (χ4v) is 2.66. The second-order valence-electron chi connectivity index (χ2n) is 5.88. The molecule has 0 saturated heterocycles. The average molecular weight is 379 g/mol. The number of nitrogens with one attached hydrogen (secondary N) is 1. The van der Waals surface area contributed by atoms with E-state index in [-0.39, 0.29) is 11.9 Å². The summed E-state index contributed by atoms with van der Waals surface area (Å²) in [5.74, 6) is -0.0242. The molecule has 0 radical (unpaired) electrons. The van der Waals surface area contributed by atoms with E-state index in [4.69, 9.17) is 0 Å². The number of likely N-dealkylation sites (N-methyl/N-ethyl adjacent to an activating group) is 1. The standard InChI is InChI=1S/C17H23BrN4O/c1-11-16(12(2)22(5)20-11)19-17(23)13(3)21(4)10-14-6-8-15(18)9-7-14/h6-9,13H,10H2,1-5H3,(H,19,23)/t13-/m1/s1. The van der Waals surface area contributed by atoms with Crippen molar-refractivity contribution in [2.24, 2.45) is 7.05 Å². The van der Waals surface area contributed by atoms with Crippen LogP contribution in [0.5, 0.6) is 0 Å². The van der Waals surface area contributed by atoms with Gasteiger partial charge in [0, 0.05) is 18.1 Å². The van der Waals surface area contributed by atoms with Crippen LogP contribution in [0.15, 0.2) is 28.7 Å². The minimum atomic E-state index is -0.238. The average Bonchev–Trinajstić information content (AvgIpc) is 2.75. The van der Waals surface area contributed by atoms with Gasteiger partial charge in [0.05, 0.1) is 23.1 Å². The monoisotopic (exact) mass is 378 g/mol. The maximum absolute atomic E-state index is 12.5. The summed E-state index contributed by atoms with van der Waals surface area (Å²) in [5.41, 5.74) is 3.77. The number of rotatable bonds is 5. The number of hydrogen-bond donors (Lipinski definition) is 1. The van der Waals surface area contributed by atoms with E-state index in [1.165, 1.54) is 5.56 Å². The molecule has 1 heterocycles. The van der Waals surface area contributed by atoms with Crippen molar-refractivity contribution in [3.63, 3.8) is 0 Å². The first kappa shape index (κ1) is 17.7. The van der Waals surface area contributed by atoms with Gasteiger partial charge in [0.15, 0.2) is 0 Å². The Balaban J connectivity index is 2.02. The summed E-state index contributed by atoms with van der Waals surface area (Å²) >= 11 is 3.43. The maximum Gasteiger partial charge on any atom is 0.241 e. The van der Waals surface area contributed by atoms with E-state index in [2.05, 4.69) is 38.5 Å². The number of halogens is 1. The molecule has 124 valence electrons. The zero-order valence-electron chi connectivity index (χ0n) is 14.2. The topological polar surface area (TPSA) is 50.2 Å². The molecule has 0 fully saturated rings. The van der Waals surface area contributed by atoms with E-state index in [0.29, 0.717) is 6.54 Å². The molecule has 0 aliphatic rings. The van der Waals surface area contributed by atoms with Crippen molar-refractivity contribution in [3.8, 4) is 0 Å². The predicted molar refractivity (Wildman–Crippen MR) is 96.4 cm³/mol. The first-order valence-corrected chi connectivity index (χ1v) is 8.34. The number of hydrogen-bond acceptors (Lipinski definition) is 3. The highest BCUT2D eigenvalue weighted by atomic mass is 79.9. The number of benzene rings is 1. The number of anilines is 1. The van der Waals surface area contributed by atoms with Crippen LogP contribution in [0.4, 0.5) is 5.69 Å². The van der Waals surface area contributed by atoms with Crippen molar-refractivity contribution in [3.05, 3.63) is 45.7 Å². The molecule has 0 saturated carbocycles. The molecule has 0 spiro atoms. The van der Waals surface area contributed by atoms with Gasteiger partial charge in [0.1, 0.15) is 0 Å². The van der Waals surface area contributed by atoms with E-state index in [1.54, 1.807) is 4.68 Å². The Labute approximate surface area is 145 Å². The summed E-state index contributed by atoms with van der Waals surface area (Å²) in [6.07, 6.45) is 0. The molecule has 2 aromatic rings. The molecule has 1 amide bonds. The predicted octanol–water partition coefficient (Wildman–Crippen LogP) is 3.26. The molecular formula is C17H23BrN4O. The van der Waals surface area contributed by atoms with E-state index in [9.17, 15) is 4.79 Å². The van der Waals surface area contributed by atoms with Crippen molar-refractivity contribution in [1.82, 2.24) is 14.7 Å². The van der Waals surface area contributed by atoms with Crippen LogP contribution in [0.25, 0.3) is 0 Å². The Morgan fingerprint density at radius 1 is 1.35 bits per heavy atom. The molecule has 0 aliphatic heterocycles. The van der Waals surface area contributed by atoms with Gasteiger partial charge in [-0.3, -0.25) is 14.4 Å². The van der Waals surface area contributed by atoms with Crippen molar-refractivity contribution in [2.75, 3.05) is 12.4 Å². The lowest BCUT2D eigenvalue weighted by Gasteiger charge is -2.24. The van der Waals surface area contributed by atoms with Crippen LogP contribution < -0.4 is 5.32 Å². The minimum Gasteiger partial charge on any atom is -0.322 e. The molecule has 0 unspecified atom stereocenters. The van der Waals surface area contributed by atoms with Crippen LogP contribution in [-0.4, -0.2) is 33.7 Å². The molecule has 23 heavy (non-hydrogen) atoms. The van der Waals surface area contributed by atoms with Crippen LogP contribution in [-0.2, 0) is 18.4 Å². The number of aryl methyl sites for hydroxylation is 2. The Bertz CT molecular complexity index is 693. The normalized spacial score (nSPS) is 12.5. The molecule has 1 atom stereocenters. The van der Waals surface area contributed by atoms with E-state index >= 15 is 0 Å². The third kappa shape index (κ3) is 4.20. The first-order chi connectivity index (χ1) is 10.8. The van der Waals surface area contributed by atoms with Crippen LogP contribution in [0.1, 0.15) is 23.9 Å². The molecular weight excluding hydrogens is 356 g/mol. The minimum absolute atomic E-state index is 0.0242. The smallest absolute Gasteiger partial charge is 0.241 e. The van der Waals surface area contributed by atoms with Gasteiger partial charge in [-0.25, -0.2) is 0 Å². The highest BCUT2D eigenvalue weighted by Crippen LogP contribution is 2.19. The van der Waals surface area contributed by atoms with Gasteiger partial charge >= 0.3 is 0 Å². The Morgan fingerprint density at radius 3 is 2.48 bits per heavy atom. The fraction of sp³-hybridized carbons (Fsp3) is 0.412. The van der Waals surface area contributed by atoms with Crippen LogP contribution in [0.2, 0.25) is 0 Å². The number of amides is 1. The number of aromatic nitrogens is 2. The van der Waals surface area contributed by atoms with Gasteiger partial charge in [0.2, 0.25) is 5.91 Å². The van der Waals surface area contributed by atoms with Gasteiger partial charge in [0.25, 0.3) is 0 Å². The summed E-state index contributed by atoms with van der Waals surface area (Å²) in [4.78, 5) is 14.5. The van der Waals surface area contributed by atoms with Crippen molar-refractivity contribution in [2.45, 2.75) is 33.4 Å².